The fourth-order valence-corrected chi connectivity index (χ4v) is 2.70. The summed E-state index contributed by atoms with van der Waals surface area (Å²) in [6.45, 7) is 7.92. The van der Waals surface area contributed by atoms with E-state index in [-0.39, 0.29) is 0 Å². The van der Waals surface area contributed by atoms with Gasteiger partial charge in [-0.05, 0) is 18.6 Å². The lowest BCUT2D eigenvalue weighted by molar-refractivity contribution is 0.253. The van der Waals surface area contributed by atoms with Crippen molar-refractivity contribution in [2.45, 2.75) is 19.9 Å². The molecular formula is C9H20N2S. The van der Waals surface area contributed by atoms with E-state index in [1.165, 1.54) is 24.6 Å². The van der Waals surface area contributed by atoms with Gasteiger partial charge >= 0.3 is 0 Å². The van der Waals surface area contributed by atoms with Crippen LogP contribution in [0.1, 0.15) is 13.8 Å². The molecule has 2 N–H and O–H groups in total. The molecule has 72 valence electrons. The summed E-state index contributed by atoms with van der Waals surface area (Å²) in [5, 5.41) is 0. The Bertz CT molecular complexity index is 128. The number of rotatable bonds is 2. The topological polar surface area (TPSA) is 29.3 Å². The Morgan fingerprint density at radius 1 is 1.67 bits per heavy atom. The predicted molar refractivity (Wildman–Crippen MR) is 56.6 cm³/mol. The van der Waals surface area contributed by atoms with Crippen LogP contribution in [0.25, 0.3) is 0 Å². The van der Waals surface area contributed by atoms with Crippen molar-refractivity contribution in [2.24, 2.45) is 11.7 Å². The first-order valence-corrected chi connectivity index (χ1v) is 5.89. The van der Waals surface area contributed by atoms with E-state index in [2.05, 4.69) is 30.5 Å². The normalized spacial score (nSPS) is 29.8. The maximum atomic E-state index is 5.77. The van der Waals surface area contributed by atoms with Gasteiger partial charge in [0.1, 0.15) is 0 Å². The average molecular weight is 188 g/mol. The molecule has 1 aliphatic rings. The van der Waals surface area contributed by atoms with Crippen LogP contribution in [0.2, 0.25) is 0 Å². The Kier molecular flexibility index (Phi) is 4.40. The second kappa shape index (κ2) is 5.10. The molecule has 2 unspecified atom stereocenters. The van der Waals surface area contributed by atoms with Crippen LogP contribution in [0, 0.1) is 5.92 Å². The molecule has 1 saturated heterocycles. The largest absolute Gasteiger partial charge is 0.327 e. The maximum Gasteiger partial charge on any atom is 0.0139 e. The van der Waals surface area contributed by atoms with Crippen molar-refractivity contribution in [3.63, 3.8) is 0 Å². The van der Waals surface area contributed by atoms with Crippen LogP contribution >= 0.6 is 11.8 Å². The highest BCUT2D eigenvalue weighted by molar-refractivity contribution is 7.99. The molecule has 12 heavy (non-hydrogen) atoms. The Morgan fingerprint density at radius 3 is 3.08 bits per heavy atom. The Balaban J connectivity index is 2.31. The van der Waals surface area contributed by atoms with E-state index in [9.17, 15) is 0 Å². The minimum Gasteiger partial charge on any atom is -0.327 e. The zero-order chi connectivity index (χ0) is 8.97. The molecule has 0 aromatic rings. The molecule has 0 saturated carbocycles. The van der Waals surface area contributed by atoms with Crippen LogP contribution in [-0.2, 0) is 0 Å². The zero-order valence-corrected chi connectivity index (χ0v) is 8.94. The summed E-state index contributed by atoms with van der Waals surface area (Å²) in [6, 6.07) is 0.320. The van der Waals surface area contributed by atoms with Gasteiger partial charge in [-0.25, -0.2) is 0 Å². The minimum atomic E-state index is 0.320. The lowest BCUT2D eigenvalue weighted by Gasteiger charge is -2.23. The number of nitrogens with zero attached hydrogens (tertiary/aromatic N) is 1. The van der Waals surface area contributed by atoms with Gasteiger partial charge in [-0.3, -0.25) is 0 Å². The predicted octanol–water partition coefficient (Wildman–Crippen LogP) is 1.02. The number of thioether (sulfide) groups is 1. The van der Waals surface area contributed by atoms with Crippen LogP contribution in [0.4, 0.5) is 0 Å². The van der Waals surface area contributed by atoms with Crippen molar-refractivity contribution in [3.05, 3.63) is 0 Å². The van der Waals surface area contributed by atoms with Crippen LogP contribution in [0.3, 0.4) is 0 Å². The van der Waals surface area contributed by atoms with Crippen molar-refractivity contribution in [3.8, 4) is 0 Å². The third-order valence-corrected chi connectivity index (χ3v) is 3.35. The van der Waals surface area contributed by atoms with Crippen molar-refractivity contribution in [1.29, 1.82) is 0 Å². The third-order valence-electron chi connectivity index (χ3n) is 2.07. The smallest absolute Gasteiger partial charge is 0.0139 e. The summed E-state index contributed by atoms with van der Waals surface area (Å²) in [4.78, 5) is 2.50. The second-order valence-electron chi connectivity index (χ2n) is 3.92. The Morgan fingerprint density at radius 2 is 2.42 bits per heavy atom. The van der Waals surface area contributed by atoms with Gasteiger partial charge in [0.25, 0.3) is 0 Å². The van der Waals surface area contributed by atoms with E-state index in [4.69, 9.17) is 5.73 Å². The fraction of sp³-hybridized carbons (Fsp3) is 1.00. The SMILES string of the molecule is CC(N)CN1CCSCC(C)C1. The van der Waals surface area contributed by atoms with Crippen molar-refractivity contribution < 1.29 is 0 Å². The van der Waals surface area contributed by atoms with Gasteiger partial charge in [-0.1, -0.05) is 6.92 Å². The summed E-state index contributed by atoms with van der Waals surface area (Å²) in [5.41, 5.74) is 5.77. The summed E-state index contributed by atoms with van der Waals surface area (Å²) in [7, 11) is 0. The van der Waals surface area contributed by atoms with Crippen LogP contribution in [-0.4, -0.2) is 42.1 Å². The first kappa shape index (κ1) is 10.4. The van der Waals surface area contributed by atoms with Crippen molar-refractivity contribution in [2.75, 3.05) is 31.1 Å². The molecule has 0 radical (unpaired) electrons. The molecule has 0 aromatic carbocycles. The van der Waals surface area contributed by atoms with Crippen LogP contribution < -0.4 is 5.73 Å². The van der Waals surface area contributed by atoms with Crippen LogP contribution in [0.5, 0.6) is 0 Å². The van der Waals surface area contributed by atoms with Gasteiger partial charge in [0.05, 0.1) is 0 Å². The van der Waals surface area contributed by atoms with Gasteiger partial charge in [0.15, 0.2) is 0 Å². The Labute approximate surface area is 79.9 Å². The highest BCUT2D eigenvalue weighted by Gasteiger charge is 2.15. The zero-order valence-electron chi connectivity index (χ0n) is 8.12. The summed E-state index contributed by atoms with van der Waals surface area (Å²) in [5.74, 6) is 3.42. The standard InChI is InChI=1S/C9H20N2S/c1-8-5-11(6-9(2)10)3-4-12-7-8/h8-9H,3-7,10H2,1-2H3. The molecular weight excluding hydrogens is 168 g/mol. The highest BCUT2D eigenvalue weighted by Crippen LogP contribution is 2.14. The summed E-state index contributed by atoms with van der Waals surface area (Å²) >= 11 is 2.07. The highest BCUT2D eigenvalue weighted by atomic mass is 32.2. The van der Waals surface area contributed by atoms with Crippen molar-refractivity contribution >= 4 is 11.8 Å². The molecule has 0 bridgehead atoms. The van der Waals surface area contributed by atoms with Crippen LogP contribution in [0.15, 0.2) is 0 Å². The third kappa shape index (κ3) is 3.78. The van der Waals surface area contributed by atoms with Gasteiger partial charge < -0.3 is 10.6 Å². The number of nitrogens with two attached hydrogens (primary N) is 1. The molecule has 0 spiro atoms. The number of hydrogen-bond acceptors (Lipinski definition) is 3. The molecule has 1 fully saturated rings. The molecule has 2 nitrogen and oxygen atoms in total. The van der Waals surface area contributed by atoms with Gasteiger partial charge in [0, 0.05) is 31.4 Å². The number of hydrogen-bond donors (Lipinski definition) is 1. The molecule has 0 aliphatic carbocycles. The quantitative estimate of drug-likeness (QED) is 0.701. The van der Waals surface area contributed by atoms with Crippen molar-refractivity contribution in [1.82, 2.24) is 4.90 Å². The molecule has 0 amide bonds. The van der Waals surface area contributed by atoms with Gasteiger partial charge in [-0.2, -0.15) is 11.8 Å². The molecule has 0 aromatic heterocycles. The lowest BCUT2D eigenvalue weighted by atomic mass is 10.2. The molecule has 1 heterocycles. The van der Waals surface area contributed by atoms with E-state index in [1.807, 2.05) is 0 Å². The van der Waals surface area contributed by atoms with Gasteiger partial charge in [0.2, 0.25) is 0 Å². The second-order valence-corrected chi connectivity index (χ2v) is 5.07. The molecule has 1 aliphatic heterocycles. The minimum absolute atomic E-state index is 0.320. The molecule has 3 heteroatoms. The van der Waals surface area contributed by atoms with E-state index < -0.39 is 0 Å². The van der Waals surface area contributed by atoms with E-state index in [0.717, 1.165) is 12.5 Å². The van der Waals surface area contributed by atoms with E-state index in [0.29, 0.717) is 6.04 Å². The summed E-state index contributed by atoms with van der Waals surface area (Å²) in [6.07, 6.45) is 0. The van der Waals surface area contributed by atoms with E-state index in [1.54, 1.807) is 0 Å². The lowest BCUT2D eigenvalue weighted by Crippen LogP contribution is -2.38. The van der Waals surface area contributed by atoms with Gasteiger partial charge in [-0.15, -0.1) is 0 Å². The first-order chi connectivity index (χ1) is 5.68. The molecule has 1 rings (SSSR count). The average Bonchev–Trinajstić information content (AvgIpc) is 2.12. The Hall–Kier alpha value is 0.270. The fourth-order valence-electron chi connectivity index (χ4n) is 1.64. The summed E-state index contributed by atoms with van der Waals surface area (Å²) < 4.78 is 0. The first-order valence-electron chi connectivity index (χ1n) is 4.74. The van der Waals surface area contributed by atoms with E-state index >= 15 is 0 Å². The monoisotopic (exact) mass is 188 g/mol. The maximum absolute atomic E-state index is 5.77. The molecule has 2 atom stereocenters.